The van der Waals surface area contributed by atoms with E-state index >= 15 is 0 Å². The molecular weight excluding hydrogens is 966 g/mol. The summed E-state index contributed by atoms with van der Waals surface area (Å²) in [6.07, 6.45) is 82.9. The molecule has 0 aliphatic carbocycles. The number of ether oxygens (including phenoxy) is 2. The zero-order valence-electron chi connectivity index (χ0n) is 48.4. The first kappa shape index (κ1) is 71.6. The molecule has 0 aromatic heterocycles. The molecule has 76 heavy (non-hydrogen) atoms. The number of likely N-dealkylation sites (N-methyl/N-ethyl adjacent to an activating group) is 1. The number of phosphoric acid groups is 1. The van der Waals surface area contributed by atoms with Gasteiger partial charge in [0.15, 0.2) is 6.10 Å². The van der Waals surface area contributed by atoms with Crippen LogP contribution in [-0.2, 0) is 32.7 Å². The van der Waals surface area contributed by atoms with E-state index in [1.807, 2.05) is 21.1 Å². The molecule has 2 atom stereocenters. The van der Waals surface area contributed by atoms with Gasteiger partial charge in [-0.25, -0.2) is 0 Å². The van der Waals surface area contributed by atoms with Crippen LogP contribution < -0.4 is 4.89 Å². The third-order valence-electron chi connectivity index (χ3n) is 11.5. The van der Waals surface area contributed by atoms with Crippen LogP contribution in [0.2, 0.25) is 0 Å². The maximum Gasteiger partial charge on any atom is 0.306 e. The fraction of sp³-hybridized carbons (Fsp3) is 0.576. The summed E-state index contributed by atoms with van der Waals surface area (Å²) in [5.74, 6) is -0.895. The molecule has 0 fully saturated rings. The molecule has 10 heteroatoms. The van der Waals surface area contributed by atoms with E-state index in [2.05, 4.69) is 172 Å². The molecule has 0 rings (SSSR count). The molecule has 428 valence electrons. The highest BCUT2D eigenvalue weighted by atomic mass is 31.2. The third-order valence-corrected chi connectivity index (χ3v) is 12.5. The number of esters is 2. The van der Waals surface area contributed by atoms with Gasteiger partial charge < -0.3 is 27.9 Å². The van der Waals surface area contributed by atoms with Crippen LogP contribution in [0.1, 0.15) is 194 Å². The van der Waals surface area contributed by atoms with Gasteiger partial charge in [0.1, 0.15) is 19.8 Å². The fourth-order valence-corrected chi connectivity index (χ4v) is 7.84. The molecule has 0 spiro atoms. The summed E-state index contributed by atoms with van der Waals surface area (Å²) >= 11 is 0. The van der Waals surface area contributed by atoms with Crippen LogP contribution in [-0.4, -0.2) is 70.0 Å². The SMILES string of the molecule is CC/C=C\C/C=C\C/C=C\C/C=C\C/C=C\C/C=C\C/C=C\C/C=C\CCCCCCCCCCC(=O)OC(COC(=O)CCCCC/C=C\C/C=C\C/C=C\C/C=C\C/C=C\CC)COP(=O)([O-])OCC[N+](C)(C)C. The lowest BCUT2D eigenvalue weighted by Gasteiger charge is -2.28. The van der Waals surface area contributed by atoms with Crippen molar-refractivity contribution in [3.05, 3.63) is 158 Å². The van der Waals surface area contributed by atoms with Gasteiger partial charge in [-0.1, -0.05) is 217 Å². The van der Waals surface area contributed by atoms with E-state index in [-0.39, 0.29) is 26.1 Å². The lowest BCUT2D eigenvalue weighted by Crippen LogP contribution is -2.37. The molecule has 0 aliphatic heterocycles. The quantitative estimate of drug-likeness (QED) is 0.0195. The molecule has 0 amide bonds. The first-order chi connectivity index (χ1) is 37.0. The Morgan fingerprint density at radius 2 is 0.711 bits per heavy atom. The van der Waals surface area contributed by atoms with Gasteiger partial charge in [0.05, 0.1) is 27.7 Å². The number of carbonyl (C=O) groups is 2. The minimum atomic E-state index is -4.66. The second-order valence-electron chi connectivity index (χ2n) is 19.9. The molecule has 0 N–H and O–H groups in total. The van der Waals surface area contributed by atoms with Crippen LogP contribution in [0.5, 0.6) is 0 Å². The summed E-state index contributed by atoms with van der Waals surface area (Å²) < 4.78 is 34.1. The predicted octanol–water partition coefficient (Wildman–Crippen LogP) is 17.8. The van der Waals surface area contributed by atoms with Gasteiger partial charge in [0.2, 0.25) is 0 Å². The summed E-state index contributed by atoms with van der Waals surface area (Å²) in [6.45, 7) is 3.93. The van der Waals surface area contributed by atoms with Gasteiger partial charge in [-0.3, -0.25) is 14.2 Å². The van der Waals surface area contributed by atoms with Gasteiger partial charge in [-0.15, -0.1) is 0 Å². The smallest absolute Gasteiger partial charge is 0.306 e. The largest absolute Gasteiger partial charge is 0.756 e. The van der Waals surface area contributed by atoms with Crippen LogP contribution >= 0.6 is 7.82 Å². The van der Waals surface area contributed by atoms with Crippen molar-refractivity contribution in [1.82, 2.24) is 0 Å². The Morgan fingerprint density at radius 1 is 0.408 bits per heavy atom. The average molecular weight is 1070 g/mol. The van der Waals surface area contributed by atoms with Crippen molar-refractivity contribution in [2.24, 2.45) is 0 Å². The van der Waals surface area contributed by atoms with Gasteiger partial charge in [-0.2, -0.15) is 0 Å². The number of hydrogen-bond donors (Lipinski definition) is 0. The third kappa shape index (κ3) is 58.9. The fourth-order valence-electron chi connectivity index (χ4n) is 7.11. The molecule has 0 saturated carbocycles. The van der Waals surface area contributed by atoms with Crippen molar-refractivity contribution in [2.45, 2.75) is 200 Å². The summed E-state index contributed by atoms with van der Waals surface area (Å²) in [5.41, 5.74) is 0. The Hall–Kier alpha value is -4.37. The number of phosphoric ester groups is 1. The van der Waals surface area contributed by atoms with E-state index in [1.165, 1.54) is 25.7 Å². The van der Waals surface area contributed by atoms with Gasteiger partial charge in [0.25, 0.3) is 7.82 Å². The monoisotopic (exact) mass is 1070 g/mol. The highest BCUT2D eigenvalue weighted by Crippen LogP contribution is 2.38. The molecule has 9 nitrogen and oxygen atoms in total. The number of allylic oxidation sites excluding steroid dienone is 26. The van der Waals surface area contributed by atoms with Crippen LogP contribution in [0.3, 0.4) is 0 Å². The van der Waals surface area contributed by atoms with E-state index in [4.69, 9.17) is 18.5 Å². The summed E-state index contributed by atoms with van der Waals surface area (Å²) in [5, 5.41) is 0. The van der Waals surface area contributed by atoms with Crippen LogP contribution in [0.15, 0.2) is 158 Å². The molecule has 0 heterocycles. The zero-order valence-corrected chi connectivity index (χ0v) is 49.3. The van der Waals surface area contributed by atoms with Crippen molar-refractivity contribution >= 4 is 19.8 Å². The Labute approximate surface area is 465 Å². The van der Waals surface area contributed by atoms with Crippen molar-refractivity contribution in [2.75, 3.05) is 47.5 Å². The van der Waals surface area contributed by atoms with E-state index in [0.29, 0.717) is 23.9 Å². The summed E-state index contributed by atoms with van der Waals surface area (Å²) in [4.78, 5) is 37.9. The minimum absolute atomic E-state index is 0.0477. The Balaban J connectivity index is 4.26. The second-order valence-corrected chi connectivity index (χ2v) is 21.3. The van der Waals surface area contributed by atoms with Crippen LogP contribution in [0, 0.1) is 0 Å². The van der Waals surface area contributed by atoms with E-state index in [0.717, 1.165) is 128 Å². The second kappa shape index (κ2) is 55.4. The van der Waals surface area contributed by atoms with Gasteiger partial charge in [-0.05, 0) is 122 Å². The Kier molecular flexibility index (Phi) is 52.2. The number of quaternary nitrogens is 1. The normalized spacial score (nSPS) is 14.4. The first-order valence-corrected chi connectivity index (χ1v) is 30.7. The highest BCUT2D eigenvalue weighted by Gasteiger charge is 2.21. The molecular formula is C66H106NO8P. The lowest BCUT2D eigenvalue weighted by atomic mass is 10.1. The maximum absolute atomic E-state index is 12.8. The predicted molar refractivity (Wildman–Crippen MR) is 323 cm³/mol. The molecule has 0 aliphatic rings. The first-order valence-electron chi connectivity index (χ1n) is 29.2. The standard InChI is InChI=1S/C66H106NO8P/c1-6-8-10-12-14-16-18-20-22-24-26-27-28-29-30-31-32-33-34-35-36-37-38-39-41-43-45-47-49-51-53-55-57-59-66(69)75-64(63-74-76(70,71)73-61-60-67(3,4)5)62-72-65(68)58-56-54-52-50-48-46-44-42-40-25-23-21-19-17-15-13-11-9-7-2/h8-11,14-17,20-23,26-27,29-30,32-33,35-36,38-40,42,46,48,64H,6-7,12-13,18-19,24-25,28,31,34,37,41,43-45,47,49-63H2,1-5H3/b10-8-,11-9-,16-14-,17-15-,22-20-,23-21-,27-26-,30-29-,33-32-,36-35-,39-38-,42-40-,48-46-. The lowest BCUT2D eigenvalue weighted by molar-refractivity contribution is -0.870. The number of hydrogen-bond acceptors (Lipinski definition) is 8. The highest BCUT2D eigenvalue weighted by molar-refractivity contribution is 7.45. The molecule has 0 bridgehead atoms. The maximum atomic E-state index is 12.8. The van der Waals surface area contributed by atoms with Crippen molar-refractivity contribution in [1.29, 1.82) is 0 Å². The van der Waals surface area contributed by atoms with Crippen molar-refractivity contribution < 1.29 is 42.1 Å². The van der Waals surface area contributed by atoms with Crippen LogP contribution in [0.4, 0.5) is 0 Å². The number of rotatable bonds is 51. The number of nitrogens with zero attached hydrogens (tertiary/aromatic N) is 1. The molecule has 0 aromatic rings. The van der Waals surface area contributed by atoms with Crippen molar-refractivity contribution in [3.8, 4) is 0 Å². The zero-order chi connectivity index (χ0) is 55.6. The topological polar surface area (TPSA) is 111 Å². The van der Waals surface area contributed by atoms with E-state index in [9.17, 15) is 19.0 Å². The molecule has 0 aromatic carbocycles. The molecule has 0 saturated heterocycles. The molecule has 2 unspecified atom stereocenters. The number of unbranched alkanes of at least 4 members (excludes halogenated alkanes) is 11. The minimum Gasteiger partial charge on any atom is -0.756 e. The number of carbonyl (C=O) groups excluding carboxylic acids is 2. The van der Waals surface area contributed by atoms with Crippen molar-refractivity contribution in [3.63, 3.8) is 0 Å². The Bertz CT molecular complexity index is 1840. The summed E-state index contributed by atoms with van der Waals surface area (Å²) in [6, 6.07) is 0. The van der Waals surface area contributed by atoms with E-state index < -0.39 is 32.5 Å². The van der Waals surface area contributed by atoms with Gasteiger partial charge >= 0.3 is 11.9 Å². The molecule has 0 radical (unpaired) electrons. The Morgan fingerprint density at radius 3 is 1.07 bits per heavy atom. The average Bonchev–Trinajstić information content (AvgIpc) is 3.38. The van der Waals surface area contributed by atoms with E-state index in [1.54, 1.807) is 0 Å². The summed E-state index contributed by atoms with van der Waals surface area (Å²) in [7, 11) is 1.11. The van der Waals surface area contributed by atoms with Gasteiger partial charge in [0, 0.05) is 12.8 Å². The van der Waals surface area contributed by atoms with Crippen LogP contribution in [0.25, 0.3) is 0 Å².